The van der Waals surface area contributed by atoms with E-state index in [9.17, 15) is 4.79 Å². The van der Waals surface area contributed by atoms with Crippen molar-refractivity contribution in [2.24, 2.45) is 5.92 Å². The average molecular weight is 436 g/mol. The molecule has 1 heterocycles. The first-order valence-electron chi connectivity index (χ1n) is 11.7. The molecule has 0 saturated carbocycles. The van der Waals surface area contributed by atoms with Crippen LogP contribution in [0.4, 0.5) is 0 Å². The van der Waals surface area contributed by atoms with Gasteiger partial charge in [0.1, 0.15) is 5.75 Å². The molecule has 1 aromatic heterocycles. The molecule has 0 N–H and O–H groups in total. The van der Waals surface area contributed by atoms with Gasteiger partial charge < -0.3 is 9.64 Å². The van der Waals surface area contributed by atoms with Gasteiger partial charge in [-0.05, 0) is 55.0 Å². The maximum Gasteiger partial charge on any atom is 0.222 e. The van der Waals surface area contributed by atoms with E-state index < -0.39 is 0 Å². The number of carbonyl (C=O) groups excluding carboxylic acids is 1. The standard InChI is InChI=1S/C27H37N3O2/c1-7-16-32-26-14-12-22-10-8-9-11-24(22)25(26)18-29(6)27(31)15-13-23-20(4)28-30(21(23)5)17-19(2)3/h8-12,14,19H,7,13,15-18H2,1-6H3. The van der Waals surface area contributed by atoms with Gasteiger partial charge in [-0.1, -0.05) is 51.1 Å². The van der Waals surface area contributed by atoms with Crippen LogP contribution in [0.25, 0.3) is 10.8 Å². The molecule has 0 unspecified atom stereocenters. The highest BCUT2D eigenvalue weighted by Gasteiger charge is 2.18. The maximum absolute atomic E-state index is 13.0. The number of hydrogen-bond acceptors (Lipinski definition) is 3. The molecule has 0 aliphatic rings. The van der Waals surface area contributed by atoms with Crippen LogP contribution in [0.5, 0.6) is 5.75 Å². The Morgan fingerprint density at radius 2 is 1.88 bits per heavy atom. The van der Waals surface area contributed by atoms with Crippen molar-refractivity contribution >= 4 is 16.7 Å². The topological polar surface area (TPSA) is 47.4 Å². The second kappa shape index (κ2) is 10.7. The Bertz CT molecular complexity index is 1070. The van der Waals surface area contributed by atoms with E-state index in [1.54, 1.807) is 0 Å². The summed E-state index contributed by atoms with van der Waals surface area (Å²) < 4.78 is 8.10. The second-order valence-electron chi connectivity index (χ2n) is 9.09. The summed E-state index contributed by atoms with van der Waals surface area (Å²) in [4.78, 5) is 14.9. The molecule has 3 rings (SSSR count). The van der Waals surface area contributed by atoms with Crippen LogP contribution in [0.1, 0.15) is 56.1 Å². The van der Waals surface area contributed by atoms with Gasteiger partial charge in [0.25, 0.3) is 0 Å². The van der Waals surface area contributed by atoms with Crippen molar-refractivity contribution in [3.8, 4) is 5.75 Å². The lowest BCUT2D eigenvalue weighted by atomic mass is 10.0. The molecule has 32 heavy (non-hydrogen) atoms. The van der Waals surface area contributed by atoms with Crippen molar-refractivity contribution in [1.82, 2.24) is 14.7 Å². The number of benzene rings is 2. The van der Waals surface area contributed by atoms with Crippen LogP contribution in [0.15, 0.2) is 36.4 Å². The van der Waals surface area contributed by atoms with Crippen molar-refractivity contribution in [3.63, 3.8) is 0 Å². The Hall–Kier alpha value is -2.82. The zero-order valence-corrected chi connectivity index (χ0v) is 20.4. The molecular weight excluding hydrogens is 398 g/mol. The number of hydrogen-bond donors (Lipinski definition) is 0. The van der Waals surface area contributed by atoms with Crippen LogP contribution in [-0.4, -0.2) is 34.2 Å². The Morgan fingerprint density at radius 3 is 2.59 bits per heavy atom. The first kappa shape index (κ1) is 23.8. The Balaban J connectivity index is 1.74. The van der Waals surface area contributed by atoms with Gasteiger partial charge in [-0.25, -0.2) is 0 Å². The smallest absolute Gasteiger partial charge is 0.222 e. The highest BCUT2D eigenvalue weighted by molar-refractivity contribution is 5.88. The van der Waals surface area contributed by atoms with Gasteiger partial charge in [-0.2, -0.15) is 5.10 Å². The van der Waals surface area contributed by atoms with Crippen molar-refractivity contribution in [3.05, 3.63) is 58.9 Å². The molecule has 5 nitrogen and oxygen atoms in total. The normalized spacial score (nSPS) is 11.3. The number of rotatable bonds is 10. The number of aryl methyl sites for hydroxylation is 1. The molecule has 5 heteroatoms. The predicted octanol–water partition coefficient (Wildman–Crippen LogP) is 5.69. The van der Waals surface area contributed by atoms with E-state index >= 15 is 0 Å². The number of fused-ring (bicyclic) bond motifs is 1. The first-order valence-corrected chi connectivity index (χ1v) is 11.7. The van der Waals surface area contributed by atoms with Crippen LogP contribution in [0.3, 0.4) is 0 Å². The van der Waals surface area contributed by atoms with Crippen molar-refractivity contribution < 1.29 is 9.53 Å². The van der Waals surface area contributed by atoms with E-state index in [2.05, 4.69) is 50.6 Å². The van der Waals surface area contributed by atoms with Crippen molar-refractivity contribution in [2.45, 2.75) is 67.0 Å². The van der Waals surface area contributed by atoms with Crippen LogP contribution in [0.2, 0.25) is 0 Å². The van der Waals surface area contributed by atoms with E-state index in [0.29, 0.717) is 31.9 Å². The quantitative estimate of drug-likeness (QED) is 0.411. The first-order chi connectivity index (χ1) is 15.3. The molecule has 0 aliphatic carbocycles. The number of aromatic nitrogens is 2. The fourth-order valence-corrected chi connectivity index (χ4v) is 4.19. The molecule has 0 bridgehead atoms. The maximum atomic E-state index is 13.0. The molecular formula is C27H37N3O2. The third-order valence-corrected chi connectivity index (χ3v) is 5.94. The zero-order chi connectivity index (χ0) is 23.3. The van der Waals surface area contributed by atoms with E-state index in [0.717, 1.165) is 40.7 Å². The average Bonchev–Trinajstić information content (AvgIpc) is 3.03. The van der Waals surface area contributed by atoms with Gasteiger partial charge in [-0.3, -0.25) is 9.48 Å². The summed E-state index contributed by atoms with van der Waals surface area (Å²) in [5.74, 6) is 1.54. The summed E-state index contributed by atoms with van der Waals surface area (Å²) >= 11 is 0. The van der Waals surface area contributed by atoms with Gasteiger partial charge in [0.2, 0.25) is 5.91 Å². The molecule has 0 saturated heterocycles. The third-order valence-electron chi connectivity index (χ3n) is 5.94. The lowest BCUT2D eigenvalue weighted by molar-refractivity contribution is -0.130. The largest absolute Gasteiger partial charge is 0.493 e. The molecule has 0 atom stereocenters. The summed E-state index contributed by atoms with van der Waals surface area (Å²) in [6.07, 6.45) is 2.14. The summed E-state index contributed by atoms with van der Waals surface area (Å²) in [6.45, 7) is 12.7. The molecule has 0 radical (unpaired) electrons. The van der Waals surface area contributed by atoms with E-state index in [4.69, 9.17) is 9.84 Å². The minimum atomic E-state index is 0.134. The molecule has 2 aromatic carbocycles. The molecule has 0 aliphatic heterocycles. The molecule has 1 amide bonds. The fraction of sp³-hybridized carbons (Fsp3) is 0.481. The fourth-order valence-electron chi connectivity index (χ4n) is 4.19. The van der Waals surface area contributed by atoms with E-state index in [1.165, 1.54) is 11.3 Å². The van der Waals surface area contributed by atoms with Gasteiger partial charge >= 0.3 is 0 Å². The van der Waals surface area contributed by atoms with Gasteiger partial charge in [0, 0.05) is 37.8 Å². The van der Waals surface area contributed by atoms with Crippen LogP contribution in [0, 0.1) is 19.8 Å². The summed E-state index contributed by atoms with van der Waals surface area (Å²) in [7, 11) is 1.88. The van der Waals surface area contributed by atoms with Crippen LogP contribution < -0.4 is 4.74 Å². The minimum absolute atomic E-state index is 0.134. The van der Waals surface area contributed by atoms with Crippen molar-refractivity contribution in [2.75, 3.05) is 13.7 Å². The number of nitrogens with zero attached hydrogens (tertiary/aromatic N) is 3. The number of amides is 1. The Labute approximate surface area is 192 Å². The van der Waals surface area contributed by atoms with E-state index in [1.807, 2.05) is 37.1 Å². The summed E-state index contributed by atoms with van der Waals surface area (Å²) in [5, 5.41) is 6.99. The van der Waals surface area contributed by atoms with Gasteiger partial charge in [0.15, 0.2) is 0 Å². The SMILES string of the molecule is CCCOc1ccc2ccccc2c1CN(C)C(=O)CCc1c(C)nn(CC(C)C)c1C. The second-order valence-corrected chi connectivity index (χ2v) is 9.09. The Kier molecular flexibility index (Phi) is 7.94. The summed E-state index contributed by atoms with van der Waals surface area (Å²) in [6, 6.07) is 12.4. The summed E-state index contributed by atoms with van der Waals surface area (Å²) in [5.41, 5.74) is 4.48. The minimum Gasteiger partial charge on any atom is -0.493 e. The number of carbonyl (C=O) groups is 1. The molecule has 3 aromatic rings. The number of ether oxygens (including phenoxy) is 1. The van der Waals surface area contributed by atoms with Crippen LogP contribution >= 0.6 is 0 Å². The molecule has 172 valence electrons. The van der Waals surface area contributed by atoms with Gasteiger partial charge in [-0.15, -0.1) is 0 Å². The molecule has 0 spiro atoms. The monoisotopic (exact) mass is 435 g/mol. The highest BCUT2D eigenvalue weighted by Crippen LogP contribution is 2.29. The van der Waals surface area contributed by atoms with Crippen LogP contribution in [-0.2, 0) is 24.3 Å². The lowest BCUT2D eigenvalue weighted by Crippen LogP contribution is -2.27. The highest BCUT2D eigenvalue weighted by atomic mass is 16.5. The van der Waals surface area contributed by atoms with Crippen molar-refractivity contribution in [1.29, 1.82) is 0 Å². The lowest BCUT2D eigenvalue weighted by Gasteiger charge is -2.21. The predicted molar refractivity (Wildman–Crippen MR) is 131 cm³/mol. The van der Waals surface area contributed by atoms with Gasteiger partial charge in [0.05, 0.1) is 12.3 Å². The third kappa shape index (κ3) is 5.50. The zero-order valence-electron chi connectivity index (χ0n) is 20.4. The molecule has 0 fully saturated rings. The Morgan fingerprint density at radius 1 is 1.12 bits per heavy atom. The van der Waals surface area contributed by atoms with E-state index in [-0.39, 0.29) is 5.91 Å².